The van der Waals surface area contributed by atoms with E-state index in [1.165, 1.54) is 12.4 Å². The molecule has 0 aliphatic heterocycles. The fourth-order valence-corrected chi connectivity index (χ4v) is 1.12. The maximum atomic E-state index is 11.6. The van der Waals surface area contributed by atoms with E-state index in [-0.39, 0.29) is 12.1 Å². The lowest BCUT2D eigenvalue weighted by Crippen LogP contribution is -2.42. The van der Waals surface area contributed by atoms with E-state index in [1.54, 1.807) is 19.2 Å². The summed E-state index contributed by atoms with van der Waals surface area (Å²) >= 11 is 0. The Kier molecular flexibility index (Phi) is 4.08. The Bertz CT molecular complexity index is 351. The molecule has 0 aliphatic rings. The van der Waals surface area contributed by atoms with Crippen molar-refractivity contribution in [2.45, 2.75) is 6.04 Å². The van der Waals surface area contributed by atoms with Gasteiger partial charge in [0.1, 0.15) is 0 Å². The first kappa shape index (κ1) is 11.5. The number of aromatic nitrogens is 1. The smallest absolute Gasteiger partial charge is 0.231 e. The highest BCUT2D eigenvalue weighted by Gasteiger charge is 2.22. The average molecular weight is 207 g/mol. The van der Waals surface area contributed by atoms with Gasteiger partial charge in [-0.1, -0.05) is 0 Å². The van der Waals surface area contributed by atoms with Crippen molar-refractivity contribution in [2.24, 2.45) is 5.73 Å². The van der Waals surface area contributed by atoms with Gasteiger partial charge >= 0.3 is 0 Å². The predicted octanol–water partition coefficient (Wildman–Crippen LogP) is -0.620. The molecule has 0 radical (unpaired) electrons. The largest absolute Gasteiger partial charge is 0.320 e. The van der Waals surface area contributed by atoms with Crippen LogP contribution in [0.25, 0.3) is 0 Å². The SMILES string of the molecule is CNCC(N)C(=O)C(=O)c1cccnc1. The summed E-state index contributed by atoms with van der Waals surface area (Å²) < 4.78 is 0. The first-order chi connectivity index (χ1) is 7.16. The monoisotopic (exact) mass is 207 g/mol. The van der Waals surface area contributed by atoms with Crippen LogP contribution >= 0.6 is 0 Å². The quantitative estimate of drug-likeness (QED) is 0.496. The number of carbonyl (C=O) groups is 2. The summed E-state index contributed by atoms with van der Waals surface area (Å²) in [5.74, 6) is -1.19. The highest BCUT2D eigenvalue weighted by Crippen LogP contribution is 1.99. The van der Waals surface area contributed by atoms with Gasteiger partial charge in [0.15, 0.2) is 0 Å². The molecular formula is C10H13N3O2. The van der Waals surface area contributed by atoms with E-state index in [2.05, 4.69) is 10.3 Å². The molecule has 15 heavy (non-hydrogen) atoms. The fourth-order valence-electron chi connectivity index (χ4n) is 1.12. The van der Waals surface area contributed by atoms with Gasteiger partial charge in [-0.05, 0) is 19.2 Å². The molecule has 0 aliphatic carbocycles. The van der Waals surface area contributed by atoms with Gasteiger partial charge in [-0.2, -0.15) is 0 Å². The number of nitrogens with zero attached hydrogens (tertiary/aromatic N) is 1. The van der Waals surface area contributed by atoms with Crippen LogP contribution in [0.5, 0.6) is 0 Å². The first-order valence-electron chi connectivity index (χ1n) is 4.55. The van der Waals surface area contributed by atoms with Gasteiger partial charge < -0.3 is 11.1 Å². The molecule has 0 bridgehead atoms. The van der Waals surface area contributed by atoms with Crippen LogP contribution < -0.4 is 11.1 Å². The number of ketones is 2. The molecular weight excluding hydrogens is 194 g/mol. The van der Waals surface area contributed by atoms with Crippen LogP contribution in [-0.4, -0.2) is 36.2 Å². The second kappa shape index (κ2) is 5.33. The molecule has 0 saturated heterocycles. The molecule has 1 heterocycles. The van der Waals surface area contributed by atoms with E-state index >= 15 is 0 Å². The van der Waals surface area contributed by atoms with E-state index in [9.17, 15) is 9.59 Å². The standard InChI is InChI=1S/C10H13N3O2/c1-12-6-8(11)10(15)9(14)7-3-2-4-13-5-7/h2-5,8,12H,6,11H2,1H3. The Balaban J connectivity index is 2.73. The number of likely N-dealkylation sites (N-methyl/N-ethyl adjacent to an activating group) is 1. The van der Waals surface area contributed by atoms with Crippen molar-refractivity contribution in [2.75, 3.05) is 13.6 Å². The normalized spacial score (nSPS) is 12.1. The van der Waals surface area contributed by atoms with Gasteiger partial charge in [0.05, 0.1) is 6.04 Å². The van der Waals surface area contributed by atoms with Crippen LogP contribution in [0, 0.1) is 0 Å². The molecule has 0 fully saturated rings. The number of hydrogen-bond acceptors (Lipinski definition) is 5. The van der Waals surface area contributed by atoms with E-state index in [0.29, 0.717) is 0 Å². The average Bonchev–Trinajstić information content (AvgIpc) is 2.28. The minimum Gasteiger partial charge on any atom is -0.320 e. The molecule has 1 unspecified atom stereocenters. The number of nitrogens with one attached hydrogen (secondary N) is 1. The zero-order chi connectivity index (χ0) is 11.3. The van der Waals surface area contributed by atoms with Crippen molar-refractivity contribution in [3.8, 4) is 0 Å². The number of carbonyl (C=O) groups excluding carboxylic acids is 2. The molecule has 5 nitrogen and oxygen atoms in total. The first-order valence-corrected chi connectivity index (χ1v) is 4.55. The molecule has 80 valence electrons. The number of Topliss-reactive ketones (excluding diaryl/α,β-unsaturated/α-hetero) is 2. The van der Waals surface area contributed by atoms with E-state index in [4.69, 9.17) is 5.73 Å². The lowest BCUT2D eigenvalue weighted by Gasteiger charge is -2.08. The summed E-state index contributed by atoms with van der Waals surface area (Å²) in [6.07, 6.45) is 2.89. The Morgan fingerprint density at radius 2 is 2.33 bits per heavy atom. The zero-order valence-electron chi connectivity index (χ0n) is 8.43. The molecule has 0 amide bonds. The van der Waals surface area contributed by atoms with E-state index in [0.717, 1.165) is 0 Å². The Hall–Kier alpha value is -1.59. The lowest BCUT2D eigenvalue weighted by molar-refractivity contribution is -0.116. The summed E-state index contributed by atoms with van der Waals surface area (Å²) in [7, 11) is 1.67. The zero-order valence-corrected chi connectivity index (χ0v) is 8.43. The van der Waals surface area contributed by atoms with Crippen molar-refractivity contribution >= 4 is 11.6 Å². The summed E-state index contributed by atoms with van der Waals surface area (Å²) in [6, 6.07) is 2.34. The fraction of sp³-hybridized carbons (Fsp3) is 0.300. The molecule has 5 heteroatoms. The van der Waals surface area contributed by atoms with Gasteiger partial charge in [-0.15, -0.1) is 0 Å². The molecule has 1 aromatic heterocycles. The minimum absolute atomic E-state index is 0.272. The molecule has 1 atom stereocenters. The predicted molar refractivity (Wildman–Crippen MR) is 55.5 cm³/mol. The summed E-state index contributed by atoms with van der Waals surface area (Å²) in [5, 5.41) is 2.74. The third-order valence-electron chi connectivity index (χ3n) is 1.91. The number of hydrogen-bond donors (Lipinski definition) is 2. The maximum absolute atomic E-state index is 11.6. The molecule has 0 saturated carbocycles. The Morgan fingerprint density at radius 1 is 1.60 bits per heavy atom. The van der Waals surface area contributed by atoms with Gasteiger partial charge in [-0.3, -0.25) is 14.6 Å². The van der Waals surface area contributed by atoms with Gasteiger partial charge in [-0.25, -0.2) is 0 Å². The maximum Gasteiger partial charge on any atom is 0.231 e. The molecule has 0 aromatic carbocycles. The number of rotatable bonds is 5. The van der Waals surface area contributed by atoms with Crippen molar-refractivity contribution in [3.05, 3.63) is 30.1 Å². The third-order valence-corrected chi connectivity index (χ3v) is 1.91. The van der Waals surface area contributed by atoms with Gasteiger partial charge in [0.25, 0.3) is 0 Å². The van der Waals surface area contributed by atoms with Gasteiger partial charge in [0, 0.05) is 24.5 Å². The number of pyridine rings is 1. The van der Waals surface area contributed by atoms with E-state index < -0.39 is 17.6 Å². The van der Waals surface area contributed by atoms with Crippen LogP contribution in [0.1, 0.15) is 10.4 Å². The second-order valence-electron chi connectivity index (χ2n) is 3.10. The summed E-state index contributed by atoms with van der Waals surface area (Å²) in [5.41, 5.74) is 5.78. The number of nitrogens with two attached hydrogens (primary N) is 1. The highest BCUT2D eigenvalue weighted by molar-refractivity contribution is 6.45. The van der Waals surface area contributed by atoms with Crippen molar-refractivity contribution in [1.82, 2.24) is 10.3 Å². The highest BCUT2D eigenvalue weighted by atomic mass is 16.2. The second-order valence-corrected chi connectivity index (χ2v) is 3.10. The summed E-state index contributed by atoms with van der Waals surface area (Å²) in [6.45, 7) is 0.283. The van der Waals surface area contributed by atoms with Crippen LogP contribution in [0.2, 0.25) is 0 Å². The van der Waals surface area contributed by atoms with Gasteiger partial charge in [0.2, 0.25) is 11.6 Å². The third kappa shape index (κ3) is 2.93. The minimum atomic E-state index is -0.803. The van der Waals surface area contributed by atoms with Crippen molar-refractivity contribution in [1.29, 1.82) is 0 Å². The van der Waals surface area contributed by atoms with Crippen molar-refractivity contribution in [3.63, 3.8) is 0 Å². The molecule has 3 N–H and O–H groups in total. The summed E-state index contributed by atoms with van der Waals surface area (Å²) in [4.78, 5) is 26.8. The van der Waals surface area contributed by atoms with Crippen LogP contribution in [0.15, 0.2) is 24.5 Å². The van der Waals surface area contributed by atoms with E-state index in [1.807, 2.05) is 0 Å². The Morgan fingerprint density at radius 3 is 2.87 bits per heavy atom. The molecule has 1 rings (SSSR count). The van der Waals surface area contributed by atoms with Crippen LogP contribution in [0.4, 0.5) is 0 Å². The van der Waals surface area contributed by atoms with Crippen LogP contribution in [-0.2, 0) is 4.79 Å². The molecule has 0 spiro atoms. The van der Waals surface area contributed by atoms with Crippen molar-refractivity contribution < 1.29 is 9.59 Å². The lowest BCUT2D eigenvalue weighted by atomic mass is 10.0. The molecule has 1 aromatic rings. The Labute approximate surface area is 87.7 Å². The van der Waals surface area contributed by atoms with Crippen LogP contribution in [0.3, 0.4) is 0 Å². The topological polar surface area (TPSA) is 85.1 Å².